The van der Waals surface area contributed by atoms with Crippen molar-refractivity contribution in [3.05, 3.63) is 83.9 Å². The maximum Gasteiger partial charge on any atom is 0.0700 e. The smallest absolute Gasteiger partial charge is 0.0700 e. The largest absolute Gasteiger partial charge is 0.382 e. The summed E-state index contributed by atoms with van der Waals surface area (Å²) in [6.07, 6.45) is 1.79. The van der Waals surface area contributed by atoms with Crippen LogP contribution in [0.2, 0.25) is 0 Å². The molecule has 0 spiro atoms. The van der Waals surface area contributed by atoms with Crippen LogP contribution in [0.1, 0.15) is 24.0 Å². The van der Waals surface area contributed by atoms with Gasteiger partial charge in [0, 0.05) is 32.8 Å². The highest BCUT2D eigenvalue weighted by Crippen LogP contribution is 2.53. The van der Waals surface area contributed by atoms with Crippen molar-refractivity contribution in [1.82, 2.24) is 0 Å². The first kappa shape index (κ1) is 23.7. The third kappa shape index (κ3) is 5.20. The van der Waals surface area contributed by atoms with Gasteiger partial charge >= 0.3 is 0 Å². The van der Waals surface area contributed by atoms with Crippen LogP contribution < -0.4 is 0 Å². The van der Waals surface area contributed by atoms with Gasteiger partial charge in [-0.1, -0.05) is 66.7 Å². The molecule has 1 aliphatic carbocycles. The van der Waals surface area contributed by atoms with Crippen molar-refractivity contribution in [1.29, 1.82) is 0 Å². The summed E-state index contributed by atoms with van der Waals surface area (Å²) in [6.45, 7) is 3.78. The molecule has 4 nitrogen and oxygen atoms in total. The molecule has 0 heterocycles. The Morgan fingerprint density at radius 2 is 1.15 bits per heavy atom. The Balaban J connectivity index is 1.71. The van der Waals surface area contributed by atoms with E-state index < -0.39 is 0 Å². The third-order valence-electron chi connectivity index (χ3n) is 6.59. The Kier molecular flexibility index (Phi) is 8.30. The van der Waals surface area contributed by atoms with Gasteiger partial charge in [-0.3, -0.25) is 0 Å². The van der Waals surface area contributed by atoms with E-state index in [1.54, 1.807) is 14.2 Å². The Labute approximate surface area is 197 Å². The van der Waals surface area contributed by atoms with Gasteiger partial charge in [-0.25, -0.2) is 0 Å². The molecule has 4 rings (SSSR count). The number of rotatable bonds is 13. The van der Waals surface area contributed by atoms with E-state index in [0.717, 1.165) is 12.8 Å². The molecule has 3 aromatic carbocycles. The van der Waals surface area contributed by atoms with Crippen molar-refractivity contribution in [3.8, 4) is 22.3 Å². The fourth-order valence-electron chi connectivity index (χ4n) is 4.91. The summed E-state index contributed by atoms with van der Waals surface area (Å²) < 4.78 is 22.3. The molecule has 0 aliphatic heterocycles. The van der Waals surface area contributed by atoms with Crippen molar-refractivity contribution in [3.63, 3.8) is 0 Å². The van der Waals surface area contributed by atoms with Crippen LogP contribution >= 0.6 is 0 Å². The number of hydrogen-bond donors (Lipinski definition) is 0. The maximum atomic E-state index is 5.97. The van der Waals surface area contributed by atoms with Gasteiger partial charge in [0.2, 0.25) is 0 Å². The van der Waals surface area contributed by atoms with Crippen LogP contribution in [0.15, 0.2) is 72.8 Å². The van der Waals surface area contributed by atoms with Crippen LogP contribution in [0, 0.1) is 0 Å². The third-order valence-corrected chi connectivity index (χ3v) is 6.59. The van der Waals surface area contributed by atoms with Gasteiger partial charge in [-0.2, -0.15) is 0 Å². The molecule has 3 aromatic rings. The molecule has 0 saturated heterocycles. The van der Waals surface area contributed by atoms with Crippen LogP contribution in [0.3, 0.4) is 0 Å². The predicted molar refractivity (Wildman–Crippen MR) is 133 cm³/mol. The second-order valence-electron chi connectivity index (χ2n) is 8.46. The molecule has 0 fully saturated rings. The summed E-state index contributed by atoms with van der Waals surface area (Å²) in [6, 6.07) is 26.3. The minimum atomic E-state index is -0.156. The molecule has 0 radical (unpaired) electrons. The summed E-state index contributed by atoms with van der Waals surface area (Å²) >= 11 is 0. The minimum Gasteiger partial charge on any atom is -0.382 e. The fraction of sp³-hybridized carbons (Fsp3) is 0.379. The highest BCUT2D eigenvalue weighted by molar-refractivity contribution is 5.83. The SMILES string of the molecule is COCCOCCC1(CCOCCOC)c2ccccc2-c2ccc(-c3ccccc3)cc21. The monoisotopic (exact) mass is 446 g/mol. The van der Waals surface area contributed by atoms with E-state index in [2.05, 4.69) is 72.8 Å². The molecular formula is C29H34O4. The highest BCUT2D eigenvalue weighted by Gasteiger charge is 2.42. The number of fused-ring (bicyclic) bond motifs is 3. The van der Waals surface area contributed by atoms with E-state index in [1.807, 2.05) is 0 Å². The first-order valence-electron chi connectivity index (χ1n) is 11.7. The summed E-state index contributed by atoms with van der Waals surface area (Å²) in [7, 11) is 3.41. The second-order valence-corrected chi connectivity index (χ2v) is 8.46. The number of hydrogen-bond acceptors (Lipinski definition) is 4. The summed E-state index contributed by atoms with van der Waals surface area (Å²) in [5.41, 5.74) is 7.70. The van der Waals surface area contributed by atoms with E-state index in [-0.39, 0.29) is 5.41 Å². The molecule has 4 heteroatoms. The number of methoxy groups -OCH3 is 2. The lowest BCUT2D eigenvalue weighted by atomic mass is 9.72. The van der Waals surface area contributed by atoms with Gasteiger partial charge < -0.3 is 18.9 Å². The molecule has 174 valence electrons. The highest BCUT2D eigenvalue weighted by atomic mass is 16.5. The predicted octanol–water partition coefficient (Wildman–Crippen LogP) is 5.73. The molecule has 0 bridgehead atoms. The average molecular weight is 447 g/mol. The Morgan fingerprint density at radius 1 is 0.545 bits per heavy atom. The van der Waals surface area contributed by atoms with E-state index >= 15 is 0 Å². The first-order chi connectivity index (χ1) is 16.3. The zero-order valence-corrected chi connectivity index (χ0v) is 19.7. The summed E-state index contributed by atoms with van der Waals surface area (Å²) in [5, 5.41) is 0. The van der Waals surface area contributed by atoms with Gasteiger partial charge in [0.05, 0.1) is 26.4 Å². The Bertz CT molecular complexity index is 1000. The lowest BCUT2D eigenvalue weighted by molar-refractivity contribution is 0.0491. The zero-order chi connectivity index (χ0) is 22.9. The van der Waals surface area contributed by atoms with Crippen LogP contribution in [0.25, 0.3) is 22.3 Å². The van der Waals surface area contributed by atoms with Crippen LogP contribution in [0.5, 0.6) is 0 Å². The molecule has 0 unspecified atom stereocenters. The molecule has 0 aromatic heterocycles. The van der Waals surface area contributed by atoms with Crippen molar-refractivity contribution < 1.29 is 18.9 Å². The molecular weight excluding hydrogens is 412 g/mol. The van der Waals surface area contributed by atoms with E-state index in [9.17, 15) is 0 Å². The van der Waals surface area contributed by atoms with Gasteiger partial charge in [0.1, 0.15) is 0 Å². The van der Waals surface area contributed by atoms with Crippen LogP contribution in [-0.2, 0) is 24.4 Å². The number of ether oxygens (including phenoxy) is 4. The molecule has 0 atom stereocenters. The molecule has 1 aliphatic rings. The maximum absolute atomic E-state index is 5.97. The zero-order valence-electron chi connectivity index (χ0n) is 19.7. The van der Waals surface area contributed by atoms with Crippen molar-refractivity contribution in [2.45, 2.75) is 18.3 Å². The summed E-state index contributed by atoms with van der Waals surface area (Å²) in [4.78, 5) is 0. The first-order valence-corrected chi connectivity index (χ1v) is 11.7. The minimum absolute atomic E-state index is 0.156. The standard InChI is InChI=1S/C29H34O4/c1-30-18-20-32-16-14-29(15-17-33-21-19-31-2)27-11-7-6-10-25(27)26-13-12-24(22-28(26)29)23-8-4-3-5-9-23/h3-13,22H,14-21H2,1-2H3. The Morgan fingerprint density at radius 3 is 1.82 bits per heavy atom. The molecule has 33 heavy (non-hydrogen) atoms. The lowest BCUT2D eigenvalue weighted by Gasteiger charge is -2.32. The van der Waals surface area contributed by atoms with Crippen LogP contribution in [-0.4, -0.2) is 53.9 Å². The second kappa shape index (κ2) is 11.6. The quantitative estimate of drug-likeness (QED) is 0.314. The van der Waals surface area contributed by atoms with E-state index in [1.165, 1.54) is 33.4 Å². The van der Waals surface area contributed by atoms with Gasteiger partial charge in [-0.05, 0) is 52.3 Å². The Hall–Kier alpha value is -2.50. The van der Waals surface area contributed by atoms with Crippen molar-refractivity contribution >= 4 is 0 Å². The van der Waals surface area contributed by atoms with Crippen molar-refractivity contribution in [2.24, 2.45) is 0 Å². The fourth-order valence-corrected chi connectivity index (χ4v) is 4.91. The van der Waals surface area contributed by atoms with Gasteiger partial charge in [0.25, 0.3) is 0 Å². The van der Waals surface area contributed by atoms with Crippen LogP contribution in [0.4, 0.5) is 0 Å². The lowest BCUT2D eigenvalue weighted by Crippen LogP contribution is -2.29. The van der Waals surface area contributed by atoms with Gasteiger partial charge in [0.15, 0.2) is 0 Å². The number of benzene rings is 3. The summed E-state index contributed by atoms with van der Waals surface area (Å²) in [5.74, 6) is 0. The van der Waals surface area contributed by atoms with E-state index in [4.69, 9.17) is 18.9 Å². The molecule has 0 N–H and O–H groups in total. The normalized spacial score (nSPS) is 13.6. The van der Waals surface area contributed by atoms with E-state index in [0.29, 0.717) is 39.6 Å². The van der Waals surface area contributed by atoms with Crippen molar-refractivity contribution in [2.75, 3.05) is 53.9 Å². The topological polar surface area (TPSA) is 36.9 Å². The average Bonchev–Trinajstić information content (AvgIpc) is 3.14. The van der Waals surface area contributed by atoms with Gasteiger partial charge in [-0.15, -0.1) is 0 Å². The molecule has 0 amide bonds. The molecule has 0 saturated carbocycles.